The molecule has 2 aromatic carbocycles. The molecule has 0 aliphatic carbocycles. The van der Waals surface area contributed by atoms with E-state index in [-0.39, 0.29) is 18.4 Å². The number of hydrogen-bond acceptors (Lipinski definition) is 5. The van der Waals surface area contributed by atoms with Gasteiger partial charge in [-0.25, -0.2) is 4.98 Å². The van der Waals surface area contributed by atoms with Gasteiger partial charge in [0.15, 0.2) is 0 Å². The Labute approximate surface area is 179 Å². The predicted octanol–water partition coefficient (Wildman–Crippen LogP) is 3.83. The van der Waals surface area contributed by atoms with Crippen molar-refractivity contribution in [2.75, 3.05) is 26.2 Å². The average Bonchev–Trinajstić information content (AvgIpc) is 3.22. The van der Waals surface area contributed by atoms with Gasteiger partial charge in [-0.05, 0) is 56.2 Å². The van der Waals surface area contributed by atoms with E-state index in [2.05, 4.69) is 11.4 Å². The van der Waals surface area contributed by atoms with Crippen molar-refractivity contribution >= 4 is 33.4 Å². The Hall–Kier alpha value is -2.93. The van der Waals surface area contributed by atoms with E-state index in [9.17, 15) is 9.59 Å². The van der Waals surface area contributed by atoms with Crippen molar-refractivity contribution in [3.63, 3.8) is 0 Å². The van der Waals surface area contributed by atoms with E-state index in [0.717, 1.165) is 29.1 Å². The summed E-state index contributed by atoms with van der Waals surface area (Å²) in [6.07, 6.45) is 1.80. The minimum absolute atomic E-state index is 0.0118. The summed E-state index contributed by atoms with van der Waals surface area (Å²) in [7, 11) is 0. The van der Waals surface area contributed by atoms with E-state index in [0.29, 0.717) is 31.2 Å². The van der Waals surface area contributed by atoms with Gasteiger partial charge in [0.2, 0.25) is 5.91 Å². The molecule has 156 valence electrons. The first-order valence-electron chi connectivity index (χ1n) is 10.3. The van der Waals surface area contributed by atoms with Crippen molar-refractivity contribution in [3.8, 4) is 5.75 Å². The number of hydrogen-bond donors (Lipinski definition) is 1. The summed E-state index contributed by atoms with van der Waals surface area (Å²) >= 11 is 1.75. The number of para-hydroxylation sites is 1. The Kier molecular flexibility index (Phi) is 6.28. The molecule has 0 saturated carbocycles. The number of nitrogens with one attached hydrogen (secondary N) is 1. The maximum Gasteiger partial charge on any atom is 0.251 e. The zero-order valence-electron chi connectivity index (χ0n) is 17.0. The van der Waals surface area contributed by atoms with E-state index >= 15 is 0 Å². The molecule has 3 aromatic rings. The summed E-state index contributed by atoms with van der Waals surface area (Å²) in [5.74, 6) is 0.818. The highest BCUT2D eigenvalue weighted by Gasteiger charge is 2.26. The number of aromatic nitrogens is 1. The fourth-order valence-electron chi connectivity index (χ4n) is 3.68. The van der Waals surface area contributed by atoms with Crippen molar-refractivity contribution in [1.29, 1.82) is 0 Å². The molecule has 1 aromatic heterocycles. The Bertz CT molecular complexity index is 991. The molecule has 7 heteroatoms. The molecule has 1 saturated heterocycles. The van der Waals surface area contributed by atoms with Crippen molar-refractivity contribution in [2.45, 2.75) is 25.7 Å². The monoisotopic (exact) mass is 423 g/mol. The lowest BCUT2D eigenvalue weighted by molar-refractivity contribution is -0.131. The van der Waals surface area contributed by atoms with Gasteiger partial charge < -0.3 is 15.0 Å². The largest absolute Gasteiger partial charge is 0.494 e. The number of nitrogens with zero attached hydrogens (tertiary/aromatic N) is 2. The minimum Gasteiger partial charge on any atom is -0.494 e. The van der Waals surface area contributed by atoms with Crippen LogP contribution in [-0.2, 0) is 4.79 Å². The van der Waals surface area contributed by atoms with Crippen LogP contribution in [0.4, 0.5) is 0 Å². The van der Waals surface area contributed by atoms with E-state index in [1.807, 2.05) is 30.0 Å². The third kappa shape index (κ3) is 4.62. The molecule has 0 bridgehead atoms. The fourth-order valence-corrected chi connectivity index (χ4v) is 4.82. The molecule has 6 nitrogen and oxygen atoms in total. The lowest BCUT2D eigenvalue weighted by Crippen LogP contribution is -2.43. The van der Waals surface area contributed by atoms with E-state index < -0.39 is 0 Å². The number of thiazole rings is 1. The van der Waals surface area contributed by atoms with Gasteiger partial charge in [-0.2, -0.15) is 0 Å². The average molecular weight is 424 g/mol. The second-order valence-electron chi connectivity index (χ2n) is 7.31. The summed E-state index contributed by atoms with van der Waals surface area (Å²) in [5, 5.41) is 3.89. The maximum absolute atomic E-state index is 12.5. The Balaban J connectivity index is 1.26. The standard InChI is InChI=1S/C23H25N3O3S/c1-2-29-18-9-7-16(8-10-18)22(28)24-15-21(27)26-13-11-17(12-14-26)23-25-19-5-3-4-6-20(19)30-23/h3-10,17H,2,11-15H2,1H3,(H,24,28). The summed E-state index contributed by atoms with van der Waals surface area (Å²) in [6, 6.07) is 15.1. The predicted molar refractivity (Wildman–Crippen MR) is 118 cm³/mol. The number of likely N-dealkylation sites (tertiary alicyclic amines) is 1. The highest BCUT2D eigenvalue weighted by Crippen LogP contribution is 2.33. The highest BCUT2D eigenvalue weighted by atomic mass is 32.1. The first-order chi connectivity index (χ1) is 14.6. The minimum atomic E-state index is -0.254. The van der Waals surface area contributed by atoms with Gasteiger partial charge >= 0.3 is 0 Å². The molecule has 1 N–H and O–H groups in total. The molecular weight excluding hydrogens is 398 g/mol. The molecule has 1 fully saturated rings. The zero-order valence-corrected chi connectivity index (χ0v) is 17.8. The van der Waals surface area contributed by atoms with Crippen molar-refractivity contribution < 1.29 is 14.3 Å². The van der Waals surface area contributed by atoms with Crippen LogP contribution in [0.1, 0.15) is 41.0 Å². The van der Waals surface area contributed by atoms with E-state index in [4.69, 9.17) is 9.72 Å². The van der Waals surface area contributed by atoms with Gasteiger partial charge in [0.25, 0.3) is 5.91 Å². The molecular formula is C23H25N3O3S. The molecule has 0 spiro atoms. The number of rotatable bonds is 6. The molecule has 4 rings (SSSR count). The maximum atomic E-state index is 12.5. The number of piperidine rings is 1. The Morgan fingerprint density at radius 3 is 2.57 bits per heavy atom. The fraction of sp³-hybridized carbons (Fsp3) is 0.348. The van der Waals surface area contributed by atoms with Crippen molar-refractivity contribution in [1.82, 2.24) is 15.2 Å². The van der Waals surface area contributed by atoms with Crippen molar-refractivity contribution in [2.24, 2.45) is 0 Å². The smallest absolute Gasteiger partial charge is 0.251 e. The normalized spacial score (nSPS) is 14.6. The summed E-state index contributed by atoms with van der Waals surface area (Å²) in [6.45, 7) is 3.89. The van der Waals surface area contributed by atoms with Crippen LogP contribution in [-0.4, -0.2) is 47.9 Å². The lowest BCUT2D eigenvalue weighted by Gasteiger charge is -2.31. The van der Waals surface area contributed by atoms with Crippen LogP contribution in [0.3, 0.4) is 0 Å². The second-order valence-corrected chi connectivity index (χ2v) is 8.38. The zero-order chi connectivity index (χ0) is 20.9. The molecule has 30 heavy (non-hydrogen) atoms. The first-order valence-corrected chi connectivity index (χ1v) is 11.1. The molecule has 0 atom stereocenters. The van der Waals surface area contributed by atoms with Gasteiger partial charge in [0.1, 0.15) is 5.75 Å². The quantitative estimate of drug-likeness (QED) is 0.654. The van der Waals surface area contributed by atoms with Gasteiger partial charge in [-0.15, -0.1) is 11.3 Å². The SMILES string of the molecule is CCOc1ccc(C(=O)NCC(=O)N2CCC(c3nc4ccccc4s3)CC2)cc1. The summed E-state index contributed by atoms with van der Waals surface area (Å²) < 4.78 is 6.59. The number of ether oxygens (including phenoxy) is 1. The van der Waals surface area contributed by atoms with Crippen LogP contribution in [0.25, 0.3) is 10.2 Å². The van der Waals surface area contributed by atoms with Crippen LogP contribution in [0.5, 0.6) is 5.75 Å². The molecule has 0 unspecified atom stereocenters. The van der Waals surface area contributed by atoms with Gasteiger partial charge in [0.05, 0.1) is 28.4 Å². The molecule has 1 aliphatic heterocycles. The number of carbonyl (C=O) groups is 2. The van der Waals surface area contributed by atoms with Crippen LogP contribution < -0.4 is 10.1 Å². The van der Waals surface area contributed by atoms with E-state index in [1.54, 1.807) is 35.6 Å². The van der Waals surface area contributed by atoms with Crippen LogP contribution >= 0.6 is 11.3 Å². The number of carbonyl (C=O) groups excluding carboxylic acids is 2. The second kappa shape index (κ2) is 9.26. The van der Waals surface area contributed by atoms with Crippen LogP contribution in [0.15, 0.2) is 48.5 Å². The number of amides is 2. The first kappa shape index (κ1) is 20.3. The highest BCUT2D eigenvalue weighted by molar-refractivity contribution is 7.18. The topological polar surface area (TPSA) is 71.5 Å². The van der Waals surface area contributed by atoms with E-state index in [1.165, 1.54) is 4.70 Å². The summed E-state index contributed by atoms with van der Waals surface area (Å²) in [5.41, 5.74) is 1.56. The molecule has 1 aliphatic rings. The molecule has 2 heterocycles. The van der Waals surface area contributed by atoms with Crippen LogP contribution in [0, 0.1) is 0 Å². The van der Waals surface area contributed by atoms with Crippen molar-refractivity contribution in [3.05, 3.63) is 59.1 Å². The van der Waals surface area contributed by atoms with Gasteiger partial charge in [-0.3, -0.25) is 9.59 Å². The Morgan fingerprint density at radius 1 is 1.13 bits per heavy atom. The lowest BCUT2D eigenvalue weighted by atomic mass is 9.97. The number of fused-ring (bicyclic) bond motifs is 1. The summed E-state index contributed by atoms with van der Waals surface area (Å²) in [4.78, 5) is 31.4. The molecule has 2 amide bonds. The van der Waals surface area contributed by atoms with Gasteiger partial charge in [-0.1, -0.05) is 12.1 Å². The third-order valence-corrected chi connectivity index (χ3v) is 6.53. The Morgan fingerprint density at radius 2 is 1.87 bits per heavy atom. The third-order valence-electron chi connectivity index (χ3n) is 5.34. The van der Waals surface area contributed by atoms with Crippen LogP contribution in [0.2, 0.25) is 0 Å². The van der Waals surface area contributed by atoms with Gasteiger partial charge in [0, 0.05) is 24.6 Å². The molecule has 0 radical (unpaired) electrons. The number of benzene rings is 2.